The number of fused-ring (bicyclic) bond motifs is 1. The smallest absolute Gasteiger partial charge is 0.271 e. The van der Waals surface area contributed by atoms with Gasteiger partial charge in [-0.3, -0.25) is 14.0 Å². The fraction of sp³-hybridized carbons (Fsp3) is 0.417. The van der Waals surface area contributed by atoms with Crippen molar-refractivity contribution in [1.29, 1.82) is 0 Å². The predicted octanol–water partition coefficient (Wildman–Crippen LogP) is 1.59. The summed E-state index contributed by atoms with van der Waals surface area (Å²) in [6.07, 6.45) is 3.26. The molecule has 1 N–H and O–H groups in total. The van der Waals surface area contributed by atoms with Gasteiger partial charge in [0.15, 0.2) is 4.96 Å². The van der Waals surface area contributed by atoms with Crippen molar-refractivity contribution in [2.24, 2.45) is 0 Å². The molecule has 96 valence electrons. The first-order valence-corrected chi connectivity index (χ1v) is 6.77. The molecule has 0 saturated heterocycles. The number of aromatic nitrogens is 2. The summed E-state index contributed by atoms with van der Waals surface area (Å²) in [5.41, 5.74) is 0.605. The molecule has 6 heteroatoms. The van der Waals surface area contributed by atoms with Crippen molar-refractivity contribution in [2.45, 2.75) is 26.7 Å². The summed E-state index contributed by atoms with van der Waals surface area (Å²) in [6.45, 7) is 4.45. The summed E-state index contributed by atoms with van der Waals surface area (Å²) in [5, 5.41) is 4.58. The van der Waals surface area contributed by atoms with Gasteiger partial charge in [-0.1, -0.05) is 13.3 Å². The van der Waals surface area contributed by atoms with Gasteiger partial charge in [-0.2, -0.15) is 0 Å². The van der Waals surface area contributed by atoms with Gasteiger partial charge in [-0.25, -0.2) is 4.98 Å². The molecule has 2 rings (SSSR count). The number of carbonyl (C=O) groups is 1. The molecular formula is C12H15N3O2S. The number of hydrogen-bond donors (Lipinski definition) is 1. The Morgan fingerprint density at radius 3 is 3.06 bits per heavy atom. The largest absolute Gasteiger partial charge is 0.352 e. The highest BCUT2D eigenvalue weighted by Gasteiger charge is 2.14. The molecule has 0 aliphatic carbocycles. The lowest BCUT2D eigenvalue weighted by Gasteiger charge is -2.04. The van der Waals surface area contributed by atoms with Crippen molar-refractivity contribution in [3.05, 3.63) is 33.2 Å². The number of thiazole rings is 1. The minimum atomic E-state index is -0.346. The zero-order chi connectivity index (χ0) is 13.1. The van der Waals surface area contributed by atoms with Crippen molar-refractivity contribution >= 4 is 22.2 Å². The van der Waals surface area contributed by atoms with Gasteiger partial charge in [0.1, 0.15) is 5.56 Å². The van der Waals surface area contributed by atoms with E-state index in [0.717, 1.165) is 18.5 Å². The molecule has 2 aromatic rings. The fourth-order valence-electron chi connectivity index (χ4n) is 1.65. The minimum Gasteiger partial charge on any atom is -0.352 e. The molecule has 0 saturated carbocycles. The van der Waals surface area contributed by atoms with E-state index in [4.69, 9.17) is 0 Å². The number of carbonyl (C=O) groups excluding carboxylic acids is 1. The monoisotopic (exact) mass is 265 g/mol. The minimum absolute atomic E-state index is 0.102. The third-order valence-corrected chi connectivity index (χ3v) is 3.63. The molecule has 0 aromatic carbocycles. The second-order valence-electron chi connectivity index (χ2n) is 4.08. The number of hydrogen-bond acceptors (Lipinski definition) is 4. The van der Waals surface area contributed by atoms with E-state index < -0.39 is 0 Å². The lowest BCUT2D eigenvalue weighted by atomic mass is 10.3. The summed E-state index contributed by atoms with van der Waals surface area (Å²) < 4.78 is 1.47. The number of unbranched alkanes of at least 4 members (excludes halogenated alkanes) is 1. The fourth-order valence-corrected chi connectivity index (χ4v) is 2.48. The number of amides is 1. The van der Waals surface area contributed by atoms with Crippen molar-refractivity contribution in [3.63, 3.8) is 0 Å². The van der Waals surface area contributed by atoms with Gasteiger partial charge in [0.05, 0.1) is 0 Å². The van der Waals surface area contributed by atoms with Crippen LogP contribution >= 0.6 is 11.3 Å². The maximum Gasteiger partial charge on any atom is 0.271 e. The van der Waals surface area contributed by atoms with Gasteiger partial charge in [0, 0.05) is 23.8 Å². The molecule has 0 spiro atoms. The van der Waals surface area contributed by atoms with E-state index >= 15 is 0 Å². The second-order valence-corrected chi connectivity index (χ2v) is 4.92. The summed E-state index contributed by atoms with van der Waals surface area (Å²) in [6, 6.07) is 0. The number of nitrogens with zero attached hydrogens (tertiary/aromatic N) is 2. The lowest BCUT2D eigenvalue weighted by molar-refractivity contribution is 0.0951. The predicted molar refractivity (Wildman–Crippen MR) is 71.3 cm³/mol. The molecule has 0 radical (unpaired) electrons. The Bertz CT molecular complexity index is 630. The Morgan fingerprint density at radius 1 is 1.56 bits per heavy atom. The highest BCUT2D eigenvalue weighted by molar-refractivity contribution is 7.15. The van der Waals surface area contributed by atoms with E-state index in [9.17, 15) is 9.59 Å². The van der Waals surface area contributed by atoms with Crippen molar-refractivity contribution < 1.29 is 4.79 Å². The van der Waals surface area contributed by atoms with Crippen LogP contribution in [0.25, 0.3) is 4.96 Å². The van der Waals surface area contributed by atoms with E-state index in [2.05, 4.69) is 10.3 Å². The number of rotatable bonds is 4. The highest BCUT2D eigenvalue weighted by atomic mass is 32.1. The molecule has 0 unspecified atom stereocenters. The van der Waals surface area contributed by atoms with Gasteiger partial charge in [0.25, 0.3) is 11.5 Å². The summed E-state index contributed by atoms with van der Waals surface area (Å²) in [5.74, 6) is -0.346. The van der Waals surface area contributed by atoms with E-state index in [1.807, 2.05) is 19.2 Å². The molecule has 0 aliphatic rings. The molecular weight excluding hydrogens is 250 g/mol. The molecule has 0 atom stereocenters. The summed E-state index contributed by atoms with van der Waals surface area (Å²) in [4.78, 5) is 28.8. The first kappa shape index (κ1) is 12.8. The van der Waals surface area contributed by atoms with Gasteiger partial charge in [0.2, 0.25) is 0 Å². The molecule has 1 amide bonds. The average Bonchev–Trinajstić information content (AvgIpc) is 2.72. The van der Waals surface area contributed by atoms with Gasteiger partial charge in [-0.05, 0) is 13.3 Å². The van der Waals surface area contributed by atoms with Crippen LogP contribution in [0.1, 0.15) is 35.8 Å². The van der Waals surface area contributed by atoms with Crippen molar-refractivity contribution in [2.75, 3.05) is 6.54 Å². The van der Waals surface area contributed by atoms with Crippen LogP contribution in [0.2, 0.25) is 0 Å². The Kier molecular flexibility index (Phi) is 3.76. The lowest BCUT2D eigenvalue weighted by Crippen LogP contribution is -2.32. The number of aryl methyl sites for hydroxylation is 1. The van der Waals surface area contributed by atoms with Crippen LogP contribution in [0.5, 0.6) is 0 Å². The van der Waals surface area contributed by atoms with E-state index in [-0.39, 0.29) is 17.0 Å². The van der Waals surface area contributed by atoms with Crippen LogP contribution in [0.4, 0.5) is 0 Å². The quantitative estimate of drug-likeness (QED) is 0.854. The van der Waals surface area contributed by atoms with Crippen LogP contribution in [0.3, 0.4) is 0 Å². The first-order valence-electron chi connectivity index (χ1n) is 5.89. The Balaban J connectivity index is 2.34. The zero-order valence-electron chi connectivity index (χ0n) is 10.4. The molecule has 0 aliphatic heterocycles. The van der Waals surface area contributed by atoms with Crippen molar-refractivity contribution in [3.8, 4) is 0 Å². The Morgan fingerprint density at radius 2 is 2.33 bits per heavy atom. The van der Waals surface area contributed by atoms with E-state index in [1.54, 1.807) is 0 Å². The topological polar surface area (TPSA) is 63.5 Å². The zero-order valence-corrected chi connectivity index (χ0v) is 11.2. The van der Waals surface area contributed by atoms with E-state index in [1.165, 1.54) is 21.9 Å². The molecule has 2 aromatic heterocycles. The Labute approximate surface area is 108 Å². The van der Waals surface area contributed by atoms with Crippen LogP contribution in [-0.4, -0.2) is 21.8 Å². The van der Waals surface area contributed by atoms with Crippen molar-refractivity contribution in [1.82, 2.24) is 14.7 Å². The van der Waals surface area contributed by atoms with Crippen LogP contribution in [-0.2, 0) is 0 Å². The van der Waals surface area contributed by atoms with E-state index in [0.29, 0.717) is 11.5 Å². The summed E-state index contributed by atoms with van der Waals surface area (Å²) in [7, 11) is 0. The maximum atomic E-state index is 12.2. The second kappa shape index (κ2) is 5.30. The number of nitrogens with one attached hydrogen (secondary N) is 1. The third kappa shape index (κ3) is 2.28. The molecule has 0 fully saturated rings. The maximum absolute atomic E-state index is 12.2. The van der Waals surface area contributed by atoms with Crippen LogP contribution in [0.15, 0.2) is 16.4 Å². The van der Waals surface area contributed by atoms with Crippen LogP contribution < -0.4 is 10.9 Å². The SMILES string of the molecule is CCCCNC(=O)c1cnc2scc(C)n2c1=O. The average molecular weight is 265 g/mol. The molecule has 18 heavy (non-hydrogen) atoms. The highest BCUT2D eigenvalue weighted by Crippen LogP contribution is 2.10. The molecule has 2 heterocycles. The Hall–Kier alpha value is -1.69. The molecule has 0 bridgehead atoms. The van der Waals surface area contributed by atoms with Gasteiger partial charge >= 0.3 is 0 Å². The molecule has 5 nitrogen and oxygen atoms in total. The third-order valence-electron chi connectivity index (χ3n) is 2.68. The standard InChI is InChI=1S/C12H15N3O2S/c1-3-4-5-13-10(16)9-6-14-12-15(11(9)17)8(2)7-18-12/h6-7H,3-5H2,1-2H3,(H,13,16). The van der Waals surface area contributed by atoms with Gasteiger partial charge in [-0.15, -0.1) is 11.3 Å². The normalized spacial score (nSPS) is 10.8. The van der Waals surface area contributed by atoms with Crippen LogP contribution in [0, 0.1) is 6.92 Å². The first-order chi connectivity index (χ1) is 8.65. The summed E-state index contributed by atoms with van der Waals surface area (Å²) >= 11 is 1.39. The van der Waals surface area contributed by atoms with Gasteiger partial charge < -0.3 is 5.32 Å².